The Hall–Kier alpha value is -1.78. The molecule has 1 aromatic carbocycles. The van der Waals surface area contributed by atoms with Crippen molar-refractivity contribution in [3.05, 3.63) is 58.9 Å². The Bertz CT molecular complexity index is 633. The molecule has 2 aromatic rings. The van der Waals surface area contributed by atoms with E-state index in [-0.39, 0.29) is 24.4 Å². The maximum Gasteiger partial charge on any atom is 0.255 e. The zero-order valence-electron chi connectivity index (χ0n) is 12.5. The fourth-order valence-electron chi connectivity index (χ4n) is 2.04. The van der Waals surface area contributed by atoms with E-state index in [2.05, 4.69) is 4.98 Å². The molecule has 0 aliphatic rings. The highest BCUT2D eigenvalue weighted by Gasteiger charge is 2.21. The Balaban J connectivity index is 0.00000242. The lowest BCUT2D eigenvalue weighted by Gasteiger charge is -2.27. The number of halogens is 2. The Kier molecular flexibility index (Phi) is 6.65. The first-order valence-corrected chi connectivity index (χ1v) is 7.11. The fraction of sp³-hybridized carbons (Fsp3) is 0.250. The van der Waals surface area contributed by atoms with E-state index in [1.165, 1.54) is 0 Å². The second-order valence-electron chi connectivity index (χ2n) is 5.13. The molecule has 0 saturated carbocycles. The van der Waals surface area contributed by atoms with Crippen molar-refractivity contribution in [1.29, 1.82) is 0 Å². The van der Waals surface area contributed by atoms with E-state index in [4.69, 9.17) is 17.3 Å². The molecule has 0 aliphatic carbocycles. The van der Waals surface area contributed by atoms with Crippen LogP contribution in [0.4, 0.5) is 5.69 Å². The lowest BCUT2D eigenvalue weighted by atomic mass is 10.1. The summed E-state index contributed by atoms with van der Waals surface area (Å²) >= 11 is 6.14. The van der Waals surface area contributed by atoms with Crippen molar-refractivity contribution in [2.75, 3.05) is 5.73 Å². The van der Waals surface area contributed by atoms with Crippen molar-refractivity contribution in [3.63, 3.8) is 0 Å². The topological polar surface area (TPSA) is 59.2 Å². The van der Waals surface area contributed by atoms with Crippen LogP contribution in [-0.2, 0) is 6.54 Å². The number of hydrogen-bond donors (Lipinski definition) is 1. The SMILES string of the molecule is CC(C)N(Cc1cccnc1)C(=O)c1ccc(N)cc1Cl.Cl. The van der Waals surface area contributed by atoms with Gasteiger partial charge >= 0.3 is 0 Å². The summed E-state index contributed by atoms with van der Waals surface area (Å²) in [5.74, 6) is -0.112. The standard InChI is InChI=1S/C16H18ClN3O.ClH/c1-11(2)20(10-12-4-3-7-19-9-12)16(21)14-6-5-13(18)8-15(14)17;/h3-9,11H,10,18H2,1-2H3;1H. The summed E-state index contributed by atoms with van der Waals surface area (Å²) in [4.78, 5) is 18.5. The minimum absolute atomic E-state index is 0. The maximum absolute atomic E-state index is 12.7. The van der Waals surface area contributed by atoms with Crippen molar-refractivity contribution < 1.29 is 4.79 Å². The van der Waals surface area contributed by atoms with Crippen molar-refractivity contribution >= 4 is 35.6 Å². The van der Waals surface area contributed by atoms with Gasteiger partial charge in [-0.25, -0.2) is 0 Å². The summed E-state index contributed by atoms with van der Waals surface area (Å²) in [5.41, 5.74) is 7.65. The molecule has 2 rings (SSSR count). The highest BCUT2D eigenvalue weighted by atomic mass is 35.5. The zero-order chi connectivity index (χ0) is 15.4. The summed E-state index contributed by atoms with van der Waals surface area (Å²) in [6.07, 6.45) is 3.47. The highest BCUT2D eigenvalue weighted by Crippen LogP contribution is 2.22. The predicted molar refractivity (Wildman–Crippen MR) is 92.4 cm³/mol. The quantitative estimate of drug-likeness (QED) is 0.862. The Morgan fingerprint density at radius 2 is 2.09 bits per heavy atom. The van der Waals surface area contributed by atoms with Gasteiger partial charge in [0.15, 0.2) is 0 Å². The van der Waals surface area contributed by atoms with E-state index < -0.39 is 0 Å². The van der Waals surface area contributed by atoms with Crippen LogP contribution in [0.15, 0.2) is 42.7 Å². The molecule has 0 saturated heterocycles. The van der Waals surface area contributed by atoms with Gasteiger partial charge in [-0.15, -0.1) is 12.4 Å². The van der Waals surface area contributed by atoms with Gasteiger partial charge in [-0.1, -0.05) is 17.7 Å². The largest absolute Gasteiger partial charge is 0.399 e. The zero-order valence-corrected chi connectivity index (χ0v) is 14.1. The second-order valence-corrected chi connectivity index (χ2v) is 5.53. The molecule has 118 valence electrons. The summed E-state index contributed by atoms with van der Waals surface area (Å²) in [7, 11) is 0. The number of benzene rings is 1. The number of carbonyl (C=O) groups is 1. The third-order valence-corrected chi connectivity index (χ3v) is 3.50. The Morgan fingerprint density at radius 1 is 1.36 bits per heavy atom. The minimum atomic E-state index is -0.112. The predicted octanol–water partition coefficient (Wildman–Crippen LogP) is 3.79. The van der Waals surface area contributed by atoms with Crippen LogP contribution in [0.1, 0.15) is 29.8 Å². The number of nitrogens with zero attached hydrogens (tertiary/aromatic N) is 2. The molecule has 1 amide bonds. The normalized spacial score (nSPS) is 10.2. The molecule has 1 aromatic heterocycles. The van der Waals surface area contributed by atoms with Crippen molar-refractivity contribution in [1.82, 2.24) is 9.88 Å². The van der Waals surface area contributed by atoms with Crippen LogP contribution >= 0.6 is 24.0 Å². The molecule has 4 nitrogen and oxygen atoms in total. The lowest BCUT2D eigenvalue weighted by molar-refractivity contribution is 0.0690. The van der Waals surface area contributed by atoms with Gasteiger partial charge in [0.05, 0.1) is 10.6 Å². The summed E-state index contributed by atoms with van der Waals surface area (Å²) in [5, 5.41) is 0.372. The molecule has 0 bridgehead atoms. The molecular weight excluding hydrogens is 321 g/mol. The molecule has 0 spiro atoms. The molecule has 22 heavy (non-hydrogen) atoms. The summed E-state index contributed by atoms with van der Waals surface area (Å²) < 4.78 is 0. The van der Waals surface area contributed by atoms with Gasteiger partial charge in [0.1, 0.15) is 0 Å². The first-order chi connectivity index (χ1) is 9.99. The number of nitrogens with two attached hydrogens (primary N) is 1. The third-order valence-electron chi connectivity index (χ3n) is 3.18. The van der Waals surface area contributed by atoms with Crippen LogP contribution < -0.4 is 5.73 Å². The molecule has 2 N–H and O–H groups in total. The van der Waals surface area contributed by atoms with E-state index in [0.717, 1.165) is 5.56 Å². The van der Waals surface area contributed by atoms with Crippen molar-refractivity contribution in [3.8, 4) is 0 Å². The van der Waals surface area contributed by atoms with Crippen LogP contribution in [0.25, 0.3) is 0 Å². The van der Waals surface area contributed by atoms with Gasteiger partial charge in [0, 0.05) is 30.7 Å². The number of rotatable bonds is 4. The number of pyridine rings is 1. The van der Waals surface area contributed by atoms with Crippen LogP contribution in [-0.4, -0.2) is 21.8 Å². The molecule has 0 fully saturated rings. The van der Waals surface area contributed by atoms with Crippen LogP contribution in [0, 0.1) is 0 Å². The maximum atomic E-state index is 12.7. The van der Waals surface area contributed by atoms with Gasteiger partial charge in [0.2, 0.25) is 0 Å². The minimum Gasteiger partial charge on any atom is -0.399 e. The smallest absolute Gasteiger partial charge is 0.255 e. The van der Waals surface area contributed by atoms with Crippen molar-refractivity contribution in [2.45, 2.75) is 26.4 Å². The number of carbonyl (C=O) groups excluding carboxylic acids is 1. The van der Waals surface area contributed by atoms with Crippen molar-refractivity contribution in [2.24, 2.45) is 0 Å². The second kappa shape index (κ2) is 8.01. The number of anilines is 1. The average molecular weight is 340 g/mol. The van der Waals surface area contributed by atoms with Gasteiger partial charge in [-0.2, -0.15) is 0 Å². The van der Waals surface area contributed by atoms with Crippen LogP contribution in [0.3, 0.4) is 0 Å². The van der Waals surface area contributed by atoms with E-state index >= 15 is 0 Å². The number of aromatic nitrogens is 1. The molecular formula is C16H19Cl2N3O. The van der Waals surface area contributed by atoms with E-state index in [1.807, 2.05) is 26.0 Å². The summed E-state index contributed by atoms with van der Waals surface area (Å²) in [6.45, 7) is 4.43. The molecule has 1 heterocycles. The highest BCUT2D eigenvalue weighted by molar-refractivity contribution is 6.34. The summed E-state index contributed by atoms with van der Waals surface area (Å²) in [6, 6.07) is 8.79. The fourth-order valence-corrected chi connectivity index (χ4v) is 2.31. The van der Waals surface area contributed by atoms with Crippen LogP contribution in [0.2, 0.25) is 5.02 Å². The van der Waals surface area contributed by atoms with Gasteiger partial charge in [-0.05, 0) is 43.7 Å². The molecule has 0 radical (unpaired) electrons. The number of hydrogen-bond acceptors (Lipinski definition) is 3. The van der Waals surface area contributed by atoms with E-state index in [0.29, 0.717) is 22.8 Å². The molecule has 0 atom stereocenters. The Morgan fingerprint density at radius 3 is 2.64 bits per heavy atom. The van der Waals surface area contributed by atoms with Gasteiger partial charge in [0.25, 0.3) is 5.91 Å². The monoisotopic (exact) mass is 339 g/mol. The van der Waals surface area contributed by atoms with E-state index in [1.54, 1.807) is 35.5 Å². The molecule has 6 heteroatoms. The molecule has 0 unspecified atom stereocenters. The number of amides is 1. The first-order valence-electron chi connectivity index (χ1n) is 6.74. The molecule has 0 aliphatic heterocycles. The van der Waals surface area contributed by atoms with Gasteiger partial charge < -0.3 is 10.6 Å². The number of nitrogen functional groups attached to an aromatic ring is 1. The third kappa shape index (κ3) is 4.36. The van der Waals surface area contributed by atoms with Gasteiger partial charge in [-0.3, -0.25) is 9.78 Å². The Labute approximate surface area is 141 Å². The van der Waals surface area contributed by atoms with E-state index in [9.17, 15) is 4.79 Å². The van der Waals surface area contributed by atoms with Crippen LogP contribution in [0.5, 0.6) is 0 Å². The average Bonchev–Trinajstić information content (AvgIpc) is 2.45. The first kappa shape index (κ1) is 18.3. The lowest BCUT2D eigenvalue weighted by Crippen LogP contribution is -2.36.